The van der Waals surface area contributed by atoms with Crippen LogP contribution in [0.4, 0.5) is 5.82 Å². The molecular weight excluding hydrogens is 234 g/mol. The van der Waals surface area contributed by atoms with Gasteiger partial charge < -0.3 is 10.0 Å². The average molecular weight is 249 g/mol. The first-order valence-corrected chi connectivity index (χ1v) is 6.42. The molecule has 0 atom stereocenters. The molecule has 0 aromatic carbocycles. The van der Waals surface area contributed by atoms with Gasteiger partial charge in [0.25, 0.3) is 0 Å². The van der Waals surface area contributed by atoms with Gasteiger partial charge in [0.1, 0.15) is 0 Å². The third-order valence-electron chi connectivity index (χ3n) is 2.50. The van der Waals surface area contributed by atoms with Crippen LogP contribution in [0.15, 0.2) is 29.6 Å². The first-order valence-electron chi connectivity index (χ1n) is 5.54. The van der Waals surface area contributed by atoms with E-state index in [9.17, 15) is 0 Å². The second-order valence-electron chi connectivity index (χ2n) is 3.63. The lowest BCUT2D eigenvalue weighted by molar-refractivity contribution is 0.275. The number of hydrogen-bond acceptors (Lipinski definition) is 5. The van der Waals surface area contributed by atoms with Gasteiger partial charge >= 0.3 is 0 Å². The Bertz CT molecular complexity index is 441. The average Bonchev–Trinajstić information content (AvgIpc) is 2.89. The number of hydrogen-bond donors (Lipinski definition) is 1. The summed E-state index contributed by atoms with van der Waals surface area (Å²) in [5.74, 6) is 0.845. The molecule has 1 N–H and O–H groups in total. The normalized spacial score (nSPS) is 10.5. The van der Waals surface area contributed by atoms with Crippen molar-refractivity contribution in [2.24, 2.45) is 0 Å². The number of thiophene rings is 1. The van der Waals surface area contributed by atoms with Gasteiger partial charge in [0.05, 0.1) is 18.8 Å². The van der Waals surface area contributed by atoms with Gasteiger partial charge in [-0.3, -0.25) is 0 Å². The summed E-state index contributed by atoms with van der Waals surface area (Å²) in [5, 5.41) is 19.1. The largest absolute Gasteiger partial charge is 0.390 e. The minimum absolute atomic E-state index is 0.0651. The minimum atomic E-state index is -0.0651. The monoisotopic (exact) mass is 249 g/mol. The number of aromatic nitrogens is 2. The molecule has 0 aliphatic heterocycles. The predicted octanol–water partition coefficient (Wildman–Crippen LogP) is 2.06. The molecule has 2 heterocycles. The van der Waals surface area contributed by atoms with Crippen LogP contribution in [0, 0.1) is 0 Å². The molecule has 90 valence electrons. The predicted molar refractivity (Wildman–Crippen MR) is 69.0 cm³/mol. The molecule has 0 unspecified atom stereocenters. The van der Waals surface area contributed by atoms with Crippen molar-refractivity contribution in [3.63, 3.8) is 0 Å². The van der Waals surface area contributed by atoms with Gasteiger partial charge in [-0.15, -0.1) is 16.4 Å². The van der Waals surface area contributed by atoms with Crippen molar-refractivity contribution in [3.8, 4) is 0 Å². The number of anilines is 1. The van der Waals surface area contributed by atoms with Crippen LogP contribution in [-0.2, 0) is 13.2 Å². The van der Waals surface area contributed by atoms with E-state index in [1.165, 1.54) is 4.88 Å². The molecule has 0 radical (unpaired) electrons. The summed E-state index contributed by atoms with van der Waals surface area (Å²) in [4.78, 5) is 3.46. The zero-order valence-electron chi connectivity index (χ0n) is 9.71. The van der Waals surface area contributed by atoms with Crippen LogP contribution in [0.1, 0.15) is 17.5 Å². The Hall–Kier alpha value is -1.46. The highest BCUT2D eigenvalue weighted by molar-refractivity contribution is 7.09. The Labute approximate surface area is 105 Å². The van der Waals surface area contributed by atoms with Crippen molar-refractivity contribution in [2.45, 2.75) is 20.1 Å². The third-order valence-corrected chi connectivity index (χ3v) is 3.36. The van der Waals surface area contributed by atoms with Crippen molar-refractivity contribution >= 4 is 17.2 Å². The van der Waals surface area contributed by atoms with Gasteiger partial charge in [0.15, 0.2) is 5.82 Å². The van der Waals surface area contributed by atoms with Gasteiger partial charge in [-0.05, 0) is 30.5 Å². The van der Waals surface area contributed by atoms with Gasteiger partial charge in [-0.1, -0.05) is 6.07 Å². The van der Waals surface area contributed by atoms with Crippen LogP contribution in [-0.4, -0.2) is 21.8 Å². The maximum Gasteiger partial charge on any atom is 0.151 e. The zero-order chi connectivity index (χ0) is 12.1. The van der Waals surface area contributed by atoms with E-state index in [1.807, 2.05) is 12.1 Å². The van der Waals surface area contributed by atoms with Gasteiger partial charge in [0.2, 0.25) is 0 Å². The molecular formula is C12H15N3OS. The Morgan fingerprint density at radius 3 is 2.71 bits per heavy atom. The summed E-state index contributed by atoms with van der Waals surface area (Å²) in [7, 11) is 0. The van der Waals surface area contributed by atoms with Crippen molar-refractivity contribution in [1.82, 2.24) is 10.2 Å². The molecule has 0 saturated heterocycles. The Morgan fingerprint density at radius 1 is 1.29 bits per heavy atom. The van der Waals surface area contributed by atoms with Crippen LogP contribution in [0.3, 0.4) is 0 Å². The number of rotatable bonds is 5. The van der Waals surface area contributed by atoms with Crippen molar-refractivity contribution in [3.05, 3.63) is 40.2 Å². The molecule has 2 rings (SSSR count). The first-order chi connectivity index (χ1) is 8.33. The van der Waals surface area contributed by atoms with E-state index in [1.54, 1.807) is 17.4 Å². The van der Waals surface area contributed by atoms with E-state index in [-0.39, 0.29) is 6.61 Å². The van der Waals surface area contributed by atoms with E-state index < -0.39 is 0 Å². The lowest BCUT2D eigenvalue weighted by Gasteiger charge is -2.20. The molecule has 2 aromatic rings. The zero-order valence-corrected chi connectivity index (χ0v) is 10.5. The maximum atomic E-state index is 8.92. The highest BCUT2D eigenvalue weighted by Gasteiger charge is 2.07. The second kappa shape index (κ2) is 5.75. The van der Waals surface area contributed by atoms with E-state index in [2.05, 4.69) is 33.5 Å². The van der Waals surface area contributed by atoms with Crippen LogP contribution in [0.5, 0.6) is 0 Å². The summed E-state index contributed by atoms with van der Waals surface area (Å²) in [6.07, 6.45) is 0. The smallest absolute Gasteiger partial charge is 0.151 e. The van der Waals surface area contributed by atoms with Crippen LogP contribution in [0.25, 0.3) is 0 Å². The lowest BCUT2D eigenvalue weighted by atomic mass is 10.3. The Morgan fingerprint density at radius 2 is 2.18 bits per heavy atom. The van der Waals surface area contributed by atoms with Crippen LogP contribution >= 0.6 is 11.3 Å². The SMILES string of the molecule is CCN(Cc1cccs1)c1ccc(CO)nn1. The Kier molecular flexibility index (Phi) is 4.06. The number of aliphatic hydroxyl groups is 1. The summed E-state index contributed by atoms with van der Waals surface area (Å²) in [5.41, 5.74) is 0.598. The molecule has 0 bridgehead atoms. The molecule has 5 heteroatoms. The molecule has 0 amide bonds. The highest BCUT2D eigenvalue weighted by Crippen LogP contribution is 2.16. The van der Waals surface area contributed by atoms with Crippen LogP contribution < -0.4 is 4.90 Å². The maximum absolute atomic E-state index is 8.92. The molecule has 2 aromatic heterocycles. The fraction of sp³-hybridized carbons (Fsp3) is 0.333. The van der Waals surface area contributed by atoms with Gasteiger partial charge in [-0.2, -0.15) is 5.10 Å². The first kappa shape index (κ1) is 12.0. The molecule has 17 heavy (non-hydrogen) atoms. The molecule has 0 spiro atoms. The summed E-state index contributed by atoms with van der Waals surface area (Å²) < 4.78 is 0. The molecule has 0 aliphatic rings. The standard InChI is InChI=1S/C12H15N3OS/c1-2-15(8-11-4-3-7-17-11)12-6-5-10(9-16)13-14-12/h3-7,16H,2,8-9H2,1H3. The van der Waals surface area contributed by atoms with E-state index in [0.717, 1.165) is 18.9 Å². The lowest BCUT2D eigenvalue weighted by Crippen LogP contribution is -2.23. The summed E-state index contributed by atoms with van der Waals surface area (Å²) in [6.45, 7) is 3.76. The quantitative estimate of drug-likeness (QED) is 0.881. The molecule has 0 aliphatic carbocycles. The fourth-order valence-electron chi connectivity index (χ4n) is 1.55. The minimum Gasteiger partial charge on any atom is -0.390 e. The number of aliphatic hydroxyl groups excluding tert-OH is 1. The van der Waals surface area contributed by atoms with E-state index in [0.29, 0.717) is 5.69 Å². The fourth-order valence-corrected chi connectivity index (χ4v) is 2.27. The van der Waals surface area contributed by atoms with E-state index >= 15 is 0 Å². The van der Waals surface area contributed by atoms with Gasteiger partial charge in [-0.25, -0.2) is 0 Å². The number of nitrogens with zero attached hydrogens (tertiary/aromatic N) is 3. The van der Waals surface area contributed by atoms with E-state index in [4.69, 9.17) is 5.11 Å². The van der Waals surface area contributed by atoms with Crippen molar-refractivity contribution < 1.29 is 5.11 Å². The highest BCUT2D eigenvalue weighted by atomic mass is 32.1. The molecule has 4 nitrogen and oxygen atoms in total. The Balaban J connectivity index is 2.11. The summed E-state index contributed by atoms with van der Waals surface area (Å²) >= 11 is 1.74. The van der Waals surface area contributed by atoms with Crippen molar-refractivity contribution in [2.75, 3.05) is 11.4 Å². The van der Waals surface area contributed by atoms with Crippen LogP contribution in [0.2, 0.25) is 0 Å². The molecule has 0 saturated carbocycles. The molecule has 0 fully saturated rings. The summed E-state index contributed by atoms with van der Waals surface area (Å²) in [6, 6.07) is 7.87. The third kappa shape index (κ3) is 3.01. The second-order valence-corrected chi connectivity index (χ2v) is 4.67. The van der Waals surface area contributed by atoms with Gasteiger partial charge in [0, 0.05) is 11.4 Å². The van der Waals surface area contributed by atoms with Crippen molar-refractivity contribution in [1.29, 1.82) is 0 Å². The topological polar surface area (TPSA) is 49.2 Å².